The average molecular weight is 667 g/mol. The quantitative estimate of drug-likeness (QED) is 0.170. The van der Waals surface area contributed by atoms with Gasteiger partial charge in [-0.3, -0.25) is 0 Å². The van der Waals surface area contributed by atoms with E-state index in [1.54, 1.807) is 0 Å². The molecule has 0 aliphatic heterocycles. The summed E-state index contributed by atoms with van der Waals surface area (Å²) >= 11 is 1.87. The van der Waals surface area contributed by atoms with Crippen LogP contribution in [0, 0.1) is 0 Å². The number of para-hydroxylation sites is 2. The van der Waals surface area contributed by atoms with Crippen LogP contribution in [0.5, 0.6) is 0 Å². The number of benzene rings is 9. The summed E-state index contributed by atoms with van der Waals surface area (Å²) in [4.78, 5) is 2.53. The van der Waals surface area contributed by atoms with E-state index in [0.717, 1.165) is 11.4 Å². The maximum absolute atomic E-state index is 2.53. The fourth-order valence-corrected chi connectivity index (χ4v) is 9.47. The van der Waals surface area contributed by atoms with Crippen molar-refractivity contribution in [2.24, 2.45) is 0 Å². The Balaban J connectivity index is 1.30. The maximum Gasteiger partial charge on any atom is 0.0561 e. The molecule has 11 rings (SSSR count). The first kappa shape index (κ1) is 28.4. The molecule has 0 radical (unpaired) electrons. The molecule has 0 saturated carbocycles. The molecular formula is C48H30N2S. The molecule has 0 spiro atoms. The third kappa shape index (κ3) is 4.22. The van der Waals surface area contributed by atoms with Gasteiger partial charge in [0, 0.05) is 47.7 Å². The highest BCUT2D eigenvalue weighted by molar-refractivity contribution is 7.26. The lowest BCUT2D eigenvalue weighted by Gasteiger charge is -2.28. The highest BCUT2D eigenvalue weighted by Gasteiger charge is 2.23. The Morgan fingerprint density at radius 3 is 1.84 bits per heavy atom. The van der Waals surface area contributed by atoms with Crippen LogP contribution in [-0.2, 0) is 0 Å². The molecule has 0 N–H and O–H groups in total. The molecule has 0 saturated heterocycles. The van der Waals surface area contributed by atoms with Gasteiger partial charge in [-0.2, -0.15) is 0 Å². The lowest BCUT2D eigenvalue weighted by atomic mass is 9.94. The number of rotatable bonds is 4. The van der Waals surface area contributed by atoms with Gasteiger partial charge in [-0.25, -0.2) is 0 Å². The highest BCUT2D eigenvalue weighted by atomic mass is 32.1. The second-order valence-electron chi connectivity index (χ2n) is 13.3. The van der Waals surface area contributed by atoms with Crippen molar-refractivity contribution in [2.45, 2.75) is 0 Å². The molecule has 2 nitrogen and oxygen atoms in total. The van der Waals surface area contributed by atoms with Crippen molar-refractivity contribution in [3.8, 4) is 5.69 Å². The smallest absolute Gasteiger partial charge is 0.0561 e. The predicted molar refractivity (Wildman–Crippen MR) is 221 cm³/mol. The van der Waals surface area contributed by atoms with Gasteiger partial charge in [0.2, 0.25) is 0 Å². The molecule has 0 aliphatic carbocycles. The van der Waals surface area contributed by atoms with E-state index in [2.05, 4.69) is 191 Å². The molecule has 238 valence electrons. The molecule has 0 fully saturated rings. The third-order valence-corrected chi connectivity index (χ3v) is 11.7. The second-order valence-corrected chi connectivity index (χ2v) is 14.4. The molecule has 2 aromatic heterocycles. The van der Waals surface area contributed by atoms with Gasteiger partial charge in [0.1, 0.15) is 0 Å². The molecular weight excluding hydrogens is 637 g/mol. The van der Waals surface area contributed by atoms with Crippen LogP contribution >= 0.6 is 11.3 Å². The van der Waals surface area contributed by atoms with E-state index in [4.69, 9.17) is 0 Å². The number of hydrogen-bond acceptors (Lipinski definition) is 2. The van der Waals surface area contributed by atoms with E-state index in [9.17, 15) is 0 Å². The number of thiophene rings is 1. The van der Waals surface area contributed by atoms with Crippen LogP contribution in [-0.4, -0.2) is 4.57 Å². The summed E-state index contributed by atoms with van der Waals surface area (Å²) in [6.45, 7) is 0. The molecule has 0 atom stereocenters. The van der Waals surface area contributed by atoms with Crippen LogP contribution in [0.4, 0.5) is 17.1 Å². The number of anilines is 3. The Kier molecular flexibility index (Phi) is 6.16. The van der Waals surface area contributed by atoms with E-state index in [0.29, 0.717) is 0 Å². The average Bonchev–Trinajstić information content (AvgIpc) is 3.74. The summed E-state index contributed by atoms with van der Waals surface area (Å²) in [7, 11) is 0. The van der Waals surface area contributed by atoms with Gasteiger partial charge >= 0.3 is 0 Å². The molecule has 0 aliphatic rings. The molecule has 51 heavy (non-hydrogen) atoms. The van der Waals surface area contributed by atoms with Crippen molar-refractivity contribution in [1.82, 2.24) is 4.57 Å². The lowest BCUT2D eigenvalue weighted by molar-refractivity contribution is 1.18. The molecule has 11 aromatic rings. The van der Waals surface area contributed by atoms with Crippen LogP contribution in [0.3, 0.4) is 0 Å². The van der Waals surface area contributed by atoms with E-state index in [-0.39, 0.29) is 0 Å². The van der Waals surface area contributed by atoms with Crippen molar-refractivity contribution in [3.63, 3.8) is 0 Å². The maximum atomic E-state index is 2.53. The Labute approximate surface area is 298 Å². The van der Waals surface area contributed by atoms with Crippen molar-refractivity contribution in [1.29, 1.82) is 0 Å². The Hall–Kier alpha value is -6.42. The largest absolute Gasteiger partial charge is 0.309 e. The Bertz CT molecular complexity index is 3150. The molecule has 0 amide bonds. The van der Waals surface area contributed by atoms with Crippen LogP contribution in [0.1, 0.15) is 0 Å². The lowest BCUT2D eigenvalue weighted by Crippen LogP contribution is -2.11. The van der Waals surface area contributed by atoms with Crippen molar-refractivity contribution >= 4 is 103 Å². The van der Waals surface area contributed by atoms with Gasteiger partial charge in [-0.05, 0) is 81.5 Å². The van der Waals surface area contributed by atoms with Gasteiger partial charge < -0.3 is 9.47 Å². The van der Waals surface area contributed by atoms with Gasteiger partial charge in [0.15, 0.2) is 0 Å². The monoisotopic (exact) mass is 666 g/mol. The zero-order chi connectivity index (χ0) is 33.5. The molecule has 0 bridgehead atoms. The summed E-state index contributed by atoms with van der Waals surface area (Å²) in [5.74, 6) is 0. The predicted octanol–water partition coefficient (Wildman–Crippen LogP) is 14.1. The molecule has 2 heterocycles. The standard InChI is InChI=1S/C48H30N2S/c1-2-14-34(15-3-1)49-40-19-8-6-17-37(40)38-29-28-35(30-43(38)49)50(42-21-11-23-45-48(42)39-18-7-9-22-44(39)51-45)41-20-10-13-32-26-27-33-25-24-31-12-4-5-16-36(31)46(33)47(32)41/h1-30H. The van der Waals surface area contributed by atoms with E-state index in [1.807, 2.05) is 11.3 Å². The van der Waals surface area contributed by atoms with Crippen LogP contribution in [0.2, 0.25) is 0 Å². The second kappa shape index (κ2) is 11.0. The first-order chi connectivity index (χ1) is 25.3. The minimum atomic E-state index is 1.12. The summed E-state index contributed by atoms with van der Waals surface area (Å²) in [6, 6.07) is 66.8. The summed E-state index contributed by atoms with van der Waals surface area (Å²) in [5.41, 5.74) is 7.00. The zero-order valence-electron chi connectivity index (χ0n) is 27.6. The third-order valence-electron chi connectivity index (χ3n) is 10.5. The highest BCUT2D eigenvalue weighted by Crippen LogP contribution is 2.49. The van der Waals surface area contributed by atoms with Crippen molar-refractivity contribution in [2.75, 3.05) is 4.90 Å². The fraction of sp³-hybridized carbons (Fsp3) is 0. The van der Waals surface area contributed by atoms with Crippen LogP contribution in [0.25, 0.3) is 80.0 Å². The van der Waals surface area contributed by atoms with Gasteiger partial charge in [-0.15, -0.1) is 11.3 Å². The molecule has 0 unspecified atom stereocenters. The van der Waals surface area contributed by atoms with E-state index >= 15 is 0 Å². The number of hydrogen-bond donors (Lipinski definition) is 0. The first-order valence-electron chi connectivity index (χ1n) is 17.4. The molecule has 9 aromatic carbocycles. The first-order valence-corrected chi connectivity index (χ1v) is 18.3. The van der Waals surface area contributed by atoms with Crippen molar-refractivity contribution < 1.29 is 0 Å². The minimum Gasteiger partial charge on any atom is -0.309 e. The zero-order valence-corrected chi connectivity index (χ0v) is 28.4. The topological polar surface area (TPSA) is 8.17 Å². The Morgan fingerprint density at radius 2 is 0.980 bits per heavy atom. The van der Waals surface area contributed by atoms with Crippen LogP contribution in [0.15, 0.2) is 182 Å². The summed E-state index contributed by atoms with van der Waals surface area (Å²) < 4.78 is 5.00. The van der Waals surface area contributed by atoms with Crippen LogP contribution < -0.4 is 4.90 Å². The van der Waals surface area contributed by atoms with E-state index < -0.39 is 0 Å². The van der Waals surface area contributed by atoms with Gasteiger partial charge in [-0.1, -0.05) is 127 Å². The van der Waals surface area contributed by atoms with Gasteiger partial charge in [0.25, 0.3) is 0 Å². The normalized spacial score (nSPS) is 11.9. The van der Waals surface area contributed by atoms with Gasteiger partial charge in [0.05, 0.1) is 22.4 Å². The number of aromatic nitrogens is 1. The fourth-order valence-electron chi connectivity index (χ4n) is 8.34. The minimum absolute atomic E-state index is 1.12. The van der Waals surface area contributed by atoms with E-state index in [1.165, 1.54) is 85.7 Å². The van der Waals surface area contributed by atoms with Crippen molar-refractivity contribution in [3.05, 3.63) is 182 Å². The summed E-state index contributed by atoms with van der Waals surface area (Å²) in [5, 5.41) is 12.6. The SMILES string of the molecule is c1ccc(-n2c3ccccc3c3ccc(N(c4cccc5sc6ccccc6c45)c4cccc5ccc6ccc7ccccc7c6c45)cc32)cc1. The molecule has 3 heteroatoms. The Morgan fingerprint density at radius 1 is 0.373 bits per heavy atom. The number of nitrogens with zero attached hydrogens (tertiary/aromatic N) is 2. The summed E-state index contributed by atoms with van der Waals surface area (Å²) in [6.07, 6.45) is 0. The number of fused-ring (bicyclic) bond motifs is 11.